The number of carbonyl (C=O) groups is 1. The van der Waals surface area contributed by atoms with Crippen LogP contribution in [-0.4, -0.2) is 19.1 Å². The number of hydrogen-bond acceptors (Lipinski definition) is 3. The van der Waals surface area contributed by atoms with Crippen molar-refractivity contribution in [1.82, 2.24) is 5.32 Å². The van der Waals surface area contributed by atoms with E-state index in [0.29, 0.717) is 24.1 Å². The van der Waals surface area contributed by atoms with Gasteiger partial charge in [0.05, 0.1) is 6.61 Å². The predicted octanol–water partition coefficient (Wildman–Crippen LogP) is 3.95. The van der Waals surface area contributed by atoms with Crippen molar-refractivity contribution in [2.75, 3.05) is 13.2 Å². The van der Waals surface area contributed by atoms with Crippen molar-refractivity contribution in [3.05, 3.63) is 33.3 Å². The highest BCUT2D eigenvalue weighted by Gasteiger charge is 2.24. The van der Waals surface area contributed by atoms with Gasteiger partial charge >= 0.3 is 5.97 Å². The zero-order valence-electron chi connectivity index (χ0n) is 11.4. The van der Waals surface area contributed by atoms with Crippen molar-refractivity contribution < 1.29 is 9.53 Å². The molecule has 5 heteroatoms. The summed E-state index contributed by atoms with van der Waals surface area (Å²) in [6.45, 7) is 7.02. The lowest BCUT2D eigenvalue weighted by atomic mass is 10.1. The number of halogens is 2. The third-order valence-electron chi connectivity index (χ3n) is 2.52. The van der Waals surface area contributed by atoms with Crippen molar-refractivity contribution in [2.24, 2.45) is 5.92 Å². The average Bonchev–Trinajstić information content (AvgIpc) is 2.33. The number of hydrogen-bond donors (Lipinski definition) is 1. The van der Waals surface area contributed by atoms with Gasteiger partial charge < -0.3 is 10.1 Å². The maximum atomic E-state index is 12.1. The zero-order chi connectivity index (χ0) is 14.4. The molecule has 0 saturated carbocycles. The maximum Gasteiger partial charge on any atom is 0.327 e. The van der Waals surface area contributed by atoms with Gasteiger partial charge in [-0.3, -0.25) is 0 Å². The van der Waals surface area contributed by atoms with E-state index >= 15 is 0 Å². The van der Waals surface area contributed by atoms with Crippen molar-refractivity contribution in [2.45, 2.75) is 26.8 Å². The van der Waals surface area contributed by atoms with Crippen LogP contribution in [0.1, 0.15) is 32.4 Å². The molecule has 1 N–H and O–H groups in total. The molecule has 0 aliphatic heterocycles. The van der Waals surface area contributed by atoms with Gasteiger partial charge in [0.15, 0.2) is 0 Å². The second-order valence-corrected chi connectivity index (χ2v) is 5.98. The molecule has 1 aromatic rings. The van der Waals surface area contributed by atoms with Gasteiger partial charge in [-0.15, -0.1) is 0 Å². The van der Waals surface area contributed by atoms with E-state index < -0.39 is 6.04 Å². The molecule has 0 amide bonds. The van der Waals surface area contributed by atoms with E-state index in [4.69, 9.17) is 16.3 Å². The molecule has 0 fully saturated rings. The molecule has 0 spiro atoms. The molecule has 0 aliphatic rings. The monoisotopic (exact) mass is 347 g/mol. The summed E-state index contributed by atoms with van der Waals surface area (Å²) in [5, 5.41) is 3.76. The first-order valence-corrected chi connectivity index (χ1v) is 7.47. The van der Waals surface area contributed by atoms with Gasteiger partial charge in [0.1, 0.15) is 6.04 Å². The number of carbonyl (C=O) groups excluding carboxylic acids is 1. The van der Waals surface area contributed by atoms with Gasteiger partial charge in [-0.05, 0) is 43.1 Å². The molecule has 0 heterocycles. The van der Waals surface area contributed by atoms with Gasteiger partial charge in [-0.1, -0.05) is 41.4 Å². The van der Waals surface area contributed by atoms with Gasteiger partial charge in [-0.25, -0.2) is 4.79 Å². The first-order chi connectivity index (χ1) is 8.95. The molecular formula is C14H19BrClNO2. The maximum absolute atomic E-state index is 12.1. The Morgan fingerprint density at radius 3 is 2.74 bits per heavy atom. The summed E-state index contributed by atoms with van der Waals surface area (Å²) in [6, 6.07) is 4.92. The molecule has 1 rings (SSSR count). The Morgan fingerprint density at radius 1 is 1.47 bits per heavy atom. The number of esters is 1. The fraction of sp³-hybridized carbons (Fsp3) is 0.500. The van der Waals surface area contributed by atoms with Crippen LogP contribution in [0.4, 0.5) is 0 Å². The smallest absolute Gasteiger partial charge is 0.327 e. The molecule has 106 valence electrons. The minimum atomic E-state index is -0.535. The summed E-state index contributed by atoms with van der Waals surface area (Å²) in [7, 11) is 0. The average molecular weight is 349 g/mol. The van der Waals surface area contributed by atoms with Crippen LogP contribution in [0.5, 0.6) is 0 Å². The van der Waals surface area contributed by atoms with E-state index in [1.807, 2.05) is 12.1 Å². The molecule has 1 unspecified atom stereocenters. The Kier molecular flexibility index (Phi) is 6.83. The zero-order valence-corrected chi connectivity index (χ0v) is 13.7. The summed E-state index contributed by atoms with van der Waals surface area (Å²) in [5.41, 5.74) is 0.732. The lowest BCUT2D eigenvalue weighted by molar-refractivity contribution is -0.145. The fourth-order valence-electron chi connectivity index (χ4n) is 1.64. The summed E-state index contributed by atoms with van der Waals surface area (Å²) in [5.74, 6) is 0.131. The second-order valence-electron chi connectivity index (χ2n) is 4.65. The summed E-state index contributed by atoms with van der Waals surface area (Å²) < 4.78 is 5.99. The first-order valence-electron chi connectivity index (χ1n) is 6.30. The Hall–Kier alpha value is -0.580. The molecule has 0 radical (unpaired) electrons. The molecule has 3 nitrogen and oxygen atoms in total. The van der Waals surface area contributed by atoms with E-state index in [1.54, 1.807) is 13.0 Å². The van der Waals surface area contributed by atoms with E-state index in [2.05, 4.69) is 35.1 Å². The van der Waals surface area contributed by atoms with Crippen LogP contribution in [0.3, 0.4) is 0 Å². The van der Waals surface area contributed by atoms with Crippen LogP contribution in [-0.2, 0) is 9.53 Å². The second kappa shape index (κ2) is 7.88. The highest BCUT2D eigenvalue weighted by molar-refractivity contribution is 9.10. The Balaban J connectivity index is 3.00. The molecule has 1 atom stereocenters. The lowest BCUT2D eigenvalue weighted by Gasteiger charge is -2.20. The number of benzene rings is 1. The quantitative estimate of drug-likeness (QED) is 0.791. The molecule has 0 aliphatic carbocycles. The Labute approximate surface area is 127 Å². The van der Waals surface area contributed by atoms with Crippen LogP contribution < -0.4 is 5.32 Å². The standard InChI is InChI=1S/C14H19BrClNO2/c1-4-19-14(18)13(17-8-9(2)3)11-7-10(15)5-6-12(11)16/h5-7,9,13,17H,4,8H2,1-3H3. The number of ether oxygens (including phenoxy) is 1. The minimum Gasteiger partial charge on any atom is -0.465 e. The third kappa shape index (κ3) is 5.13. The van der Waals surface area contributed by atoms with E-state index in [9.17, 15) is 4.79 Å². The SMILES string of the molecule is CCOC(=O)C(NCC(C)C)c1cc(Br)ccc1Cl. The fourth-order valence-corrected chi connectivity index (χ4v) is 2.24. The molecule has 0 saturated heterocycles. The highest BCUT2D eigenvalue weighted by atomic mass is 79.9. The minimum absolute atomic E-state index is 0.303. The van der Waals surface area contributed by atoms with Gasteiger partial charge in [0.25, 0.3) is 0 Å². The molecule has 0 aromatic heterocycles. The van der Waals surface area contributed by atoms with Crippen molar-refractivity contribution in [3.8, 4) is 0 Å². The van der Waals surface area contributed by atoms with Crippen LogP contribution in [0.25, 0.3) is 0 Å². The van der Waals surface area contributed by atoms with E-state index in [-0.39, 0.29) is 5.97 Å². The van der Waals surface area contributed by atoms with Crippen LogP contribution in [0.15, 0.2) is 22.7 Å². The van der Waals surface area contributed by atoms with Gasteiger partial charge in [0, 0.05) is 9.50 Å². The summed E-state index contributed by atoms with van der Waals surface area (Å²) in [6.07, 6.45) is 0. The lowest BCUT2D eigenvalue weighted by Crippen LogP contribution is -2.33. The van der Waals surface area contributed by atoms with Crippen LogP contribution in [0.2, 0.25) is 5.02 Å². The van der Waals surface area contributed by atoms with Crippen LogP contribution >= 0.6 is 27.5 Å². The van der Waals surface area contributed by atoms with Crippen molar-refractivity contribution in [1.29, 1.82) is 0 Å². The summed E-state index contributed by atoms with van der Waals surface area (Å²) >= 11 is 9.58. The molecular weight excluding hydrogens is 330 g/mol. The highest BCUT2D eigenvalue weighted by Crippen LogP contribution is 2.27. The van der Waals surface area contributed by atoms with E-state index in [0.717, 1.165) is 10.0 Å². The largest absolute Gasteiger partial charge is 0.465 e. The Bertz CT molecular complexity index is 437. The van der Waals surface area contributed by atoms with Crippen LogP contribution in [0, 0.1) is 5.92 Å². The molecule has 0 bridgehead atoms. The third-order valence-corrected chi connectivity index (χ3v) is 3.36. The molecule has 1 aromatic carbocycles. The number of nitrogens with one attached hydrogen (secondary N) is 1. The Morgan fingerprint density at radius 2 is 2.16 bits per heavy atom. The topological polar surface area (TPSA) is 38.3 Å². The first kappa shape index (κ1) is 16.5. The van der Waals surface area contributed by atoms with Gasteiger partial charge in [-0.2, -0.15) is 0 Å². The normalized spacial score (nSPS) is 12.5. The molecule has 19 heavy (non-hydrogen) atoms. The number of rotatable bonds is 6. The van der Waals surface area contributed by atoms with Crippen molar-refractivity contribution in [3.63, 3.8) is 0 Å². The summed E-state index contributed by atoms with van der Waals surface area (Å²) in [4.78, 5) is 12.1. The van der Waals surface area contributed by atoms with Crippen molar-refractivity contribution >= 4 is 33.5 Å². The predicted molar refractivity (Wildman–Crippen MR) is 81.4 cm³/mol. The van der Waals surface area contributed by atoms with Gasteiger partial charge in [0.2, 0.25) is 0 Å². The van der Waals surface area contributed by atoms with E-state index in [1.165, 1.54) is 0 Å².